The van der Waals surface area contributed by atoms with Gasteiger partial charge in [-0.25, -0.2) is 13.8 Å². The molecule has 3 nitrogen and oxygen atoms in total. The van der Waals surface area contributed by atoms with Crippen molar-refractivity contribution in [3.63, 3.8) is 0 Å². The van der Waals surface area contributed by atoms with Gasteiger partial charge in [0.25, 0.3) is 0 Å². The molecule has 0 saturated heterocycles. The van der Waals surface area contributed by atoms with Crippen molar-refractivity contribution >= 4 is 11.4 Å². The van der Waals surface area contributed by atoms with Crippen LogP contribution in [-0.2, 0) is 6.67 Å². The molecule has 3 rings (SSSR count). The Bertz CT molecular complexity index is 971. The number of pyridine rings is 1. The van der Waals surface area contributed by atoms with Crippen LogP contribution in [0.5, 0.6) is 0 Å². The Labute approximate surface area is 152 Å². The number of imidazole rings is 1. The van der Waals surface area contributed by atoms with Gasteiger partial charge < -0.3 is 0 Å². The number of alkyl halides is 2. The van der Waals surface area contributed by atoms with E-state index in [4.69, 9.17) is 0 Å². The molecule has 1 aromatic carbocycles. The van der Waals surface area contributed by atoms with E-state index >= 15 is 0 Å². The van der Waals surface area contributed by atoms with Gasteiger partial charge in [0, 0.05) is 11.8 Å². The van der Waals surface area contributed by atoms with Crippen LogP contribution in [-0.4, -0.2) is 27.3 Å². The summed E-state index contributed by atoms with van der Waals surface area (Å²) in [5.41, 5.74) is 4.59. The largest absolute Gasteiger partial charge is 0.298 e. The van der Waals surface area contributed by atoms with Crippen LogP contribution in [0.2, 0.25) is 0 Å². The van der Waals surface area contributed by atoms with Crippen molar-refractivity contribution in [3.05, 3.63) is 70.7 Å². The molecule has 2 aromatic heterocycles. The summed E-state index contributed by atoms with van der Waals surface area (Å²) in [6.45, 7) is 6.28. The highest BCUT2D eigenvalue weighted by Crippen LogP contribution is 2.23. The SMILES string of the molecule is Cc1ccn2c(C(=NC(C)(C)CF)c3ccccc3CF)cnc2c1C. The topological polar surface area (TPSA) is 29.7 Å². The van der Waals surface area contributed by atoms with Crippen LogP contribution < -0.4 is 0 Å². The van der Waals surface area contributed by atoms with E-state index in [2.05, 4.69) is 9.98 Å². The number of aryl methyl sites for hydroxylation is 2. The van der Waals surface area contributed by atoms with Gasteiger partial charge in [-0.15, -0.1) is 0 Å². The Kier molecular flexibility index (Phi) is 4.90. The molecule has 136 valence electrons. The maximum atomic E-state index is 13.6. The molecule has 0 radical (unpaired) electrons. The van der Waals surface area contributed by atoms with Gasteiger partial charge in [-0.3, -0.25) is 9.39 Å². The molecule has 0 N–H and O–H groups in total. The van der Waals surface area contributed by atoms with E-state index < -0.39 is 18.9 Å². The molecule has 2 heterocycles. The third-order valence-electron chi connectivity index (χ3n) is 4.60. The minimum absolute atomic E-state index is 0.527. The molecule has 0 fully saturated rings. The fourth-order valence-electron chi connectivity index (χ4n) is 2.91. The van der Waals surface area contributed by atoms with Crippen molar-refractivity contribution < 1.29 is 8.78 Å². The van der Waals surface area contributed by atoms with Crippen molar-refractivity contribution in [1.29, 1.82) is 0 Å². The summed E-state index contributed by atoms with van der Waals surface area (Å²) in [4.78, 5) is 9.20. The van der Waals surface area contributed by atoms with Gasteiger partial charge in [-0.1, -0.05) is 24.3 Å². The predicted octanol–water partition coefficient (Wildman–Crippen LogP) is 5.01. The van der Waals surface area contributed by atoms with Crippen LogP contribution in [0.3, 0.4) is 0 Å². The van der Waals surface area contributed by atoms with Gasteiger partial charge in [0.05, 0.1) is 23.1 Å². The number of benzene rings is 1. The van der Waals surface area contributed by atoms with Gasteiger partial charge >= 0.3 is 0 Å². The van der Waals surface area contributed by atoms with Crippen LogP contribution in [0.1, 0.15) is 41.8 Å². The minimum Gasteiger partial charge on any atom is -0.298 e. The fraction of sp³-hybridized carbons (Fsp3) is 0.333. The summed E-state index contributed by atoms with van der Waals surface area (Å²) in [5.74, 6) is 0. The second-order valence-corrected chi connectivity index (χ2v) is 7.16. The molecule has 0 unspecified atom stereocenters. The predicted molar refractivity (Wildman–Crippen MR) is 102 cm³/mol. The van der Waals surface area contributed by atoms with Crippen molar-refractivity contribution in [1.82, 2.24) is 9.38 Å². The number of hydrogen-bond donors (Lipinski definition) is 0. The van der Waals surface area contributed by atoms with Crippen molar-refractivity contribution in [2.45, 2.75) is 39.9 Å². The Morgan fingerprint density at radius 3 is 2.58 bits per heavy atom. The number of halogens is 2. The summed E-state index contributed by atoms with van der Waals surface area (Å²) in [7, 11) is 0. The molecule has 0 aliphatic rings. The molecule has 3 aromatic rings. The van der Waals surface area contributed by atoms with Crippen LogP contribution in [0, 0.1) is 13.8 Å². The zero-order valence-corrected chi connectivity index (χ0v) is 15.6. The van der Waals surface area contributed by atoms with E-state index in [1.165, 1.54) is 0 Å². The maximum Gasteiger partial charge on any atom is 0.140 e. The van der Waals surface area contributed by atoms with E-state index in [-0.39, 0.29) is 0 Å². The summed E-state index contributed by atoms with van der Waals surface area (Å²) >= 11 is 0. The average molecular weight is 355 g/mol. The molecular formula is C21H23F2N3. The lowest BCUT2D eigenvalue weighted by atomic mass is 9.99. The van der Waals surface area contributed by atoms with Crippen molar-refractivity contribution in [3.8, 4) is 0 Å². The number of aliphatic imine (C=N–C) groups is 1. The smallest absolute Gasteiger partial charge is 0.140 e. The van der Waals surface area contributed by atoms with Crippen molar-refractivity contribution in [2.24, 2.45) is 4.99 Å². The quantitative estimate of drug-likeness (QED) is 0.592. The van der Waals surface area contributed by atoms with E-state index in [9.17, 15) is 8.78 Å². The monoisotopic (exact) mass is 355 g/mol. The Morgan fingerprint density at radius 1 is 1.15 bits per heavy atom. The lowest BCUT2D eigenvalue weighted by Crippen LogP contribution is -2.24. The second kappa shape index (κ2) is 6.98. The van der Waals surface area contributed by atoms with Crippen LogP contribution in [0.25, 0.3) is 5.65 Å². The third-order valence-corrected chi connectivity index (χ3v) is 4.60. The Morgan fingerprint density at radius 2 is 1.88 bits per heavy atom. The lowest BCUT2D eigenvalue weighted by molar-refractivity contribution is 0.355. The third kappa shape index (κ3) is 3.26. The van der Waals surface area contributed by atoms with E-state index in [1.54, 1.807) is 32.2 Å². The van der Waals surface area contributed by atoms with E-state index in [1.807, 2.05) is 42.6 Å². The van der Waals surface area contributed by atoms with E-state index in [0.29, 0.717) is 16.8 Å². The van der Waals surface area contributed by atoms with Crippen LogP contribution >= 0.6 is 0 Å². The number of nitrogens with zero attached hydrogens (tertiary/aromatic N) is 3. The van der Waals surface area contributed by atoms with Crippen molar-refractivity contribution in [2.75, 3.05) is 6.67 Å². The Balaban J connectivity index is 2.31. The molecule has 0 saturated carbocycles. The van der Waals surface area contributed by atoms with Gasteiger partial charge in [0.15, 0.2) is 0 Å². The molecule has 0 amide bonds. The first kappa shape index (κ1) is 18.2. The summed E-state index contributed by atoms with van der Waals surface area (Å²) in [6, 6.07) is 9.18. The van der Waals surface area contributed by atoms with Gasteiger partial charge in [-0.05, 0) is 50.5 Å². The molecule has 0 aliphatic heterocycles. The second-order valence-electron chi connectivity index (χ2n) is 7.16. The van der Waals surface area contributed by atoms with Gasteiger partial charge in [0.1, 0.15) is 19.0 Å². The summed E-state index contributed by atoms with van der Waals surface area (Å²) < 4.78 is 29.0. The maximum absolute atomic E-state index is 13.6. The molecule has 26 heavy (non-hydrogen) atoms. The highest BCUT2D eigenvalue weighted by molar-refractivity contribution is 6.13. The molecule has 0 spiro atoms. The number of hydrogen-bond acceptors (Lipinski definition) is 2. The number of fused-ring (bicyclic) bond motifs is 1. The first-order chi connectivity index (χ1) is 12.4. The minimum atomic E-state index is -0.914. The molecular weight excluding hydrogens is 332 g/mol. The molecule has 0 bridgehead atoms. The number of rotatable bonds is 5. The van der Waals surface area contributed by atoms with Crippen LogP contribution in [0.15, 0.2) is 47.7 Å². The zero-order valence-electron chi connectivity index (χ0n) is 15.6. The highest BCUT2D eigenvalue weighted by atomic mass is 19.1. The van der Waals surface area contributed by atoms with Crippen LogP contribution in [0.4, 0.5) is 8.78 Å². The molecule has 0 aliphatic carbocycles. The first-order valence-electron chi connectivity index (χ1n) is 8.61. The molecule has 0 atom stereocenters. The average Bonchev–Trinajstić information content (AvgIpc) is 3.07. The molecule has 5 heteroatoms. The summed E-state index contributed by atoms with van der Waals surface area (Å²) in [6.07, 6.45) is 3.65. The van der Waals surface area contributed by atoms with Gasteiger partial charge in [0.2, 0.25) is 0 Å². The first-order valence-corrected chi connectivity index (χ1v) is 8.61. The highest BCUT2D eigenvalue weighted by Gasteiger charge is 2.22. The zero-order chi connectivity index (χ0) is 18.9. The number of aromatic nitrogens is 2. The fourth-order valence-corrected chi connectivity index (χ4v) is 2.91. The Hall–Kier alpha value is -2.56. The van der Waals surface area contributed by atoms with Gasteiger partial charge in [-0.2, -0.15) is 0 Å². The standard InChI is InChI=1S/C21H23F2N3/c1-14-9-10-26-18(12-24-20(26)15(14)2)19(25-21(3,4)13-23)17-8-6-5-7-16(17)11-22/h5-10,12H,11,13H2,1-4H3. The normalized spacial score (nSPS) is 12.8. The van der Waals surface area contributed by atoms with E-state index in [0.717, 1.165) is 22.5 Å². The lowest BCUT2D eigenvalue weighted by Gasteiger charge is -2.19. The summed E-state index contributed by atoms with van der Waals surface area (Å²) in [5, 5.41) is 0.